The van der Waals surface area contributed by atoms with Crippen molar-refractivity contribution in [1.82, 2.24) is 10.3 Å². The zero-order valence-electron chi connectivity index (χ0n) is 23.8. The van der Waals surface area contributed by atoms with Crippen LogP contribution in [0.4, 0.5) is 0 Å². The quantitative estimate of drug-likeness (QED) is 0.323. The first-order valence-electron chi connectivity index (χ1n) is 13.8. The van der Waals surface area contributed by atoms with E-state index in [2.05, 4.69) is 17.3 Å². The average molecular weight is 614 g/mol. The normalized spacial score (nSPS) is 17.4. The van der Waals surface area contributed by atoms with Gasteiger partial charge in [0.2, 0.25) is 5.91 Å². The maximum Gasteiger partial charge on any atom is 0.227 e. The molecule has 1 aromatic heterocycles. The smallest absolute Gasteiger partial charge is 0.227 e. The van der Waals surface area contributed by atoms with Crippen LogP contribution in [-0.4, -0.2) is 82.5 Å². The minimum Gasteiger partial charge on any atom is -0.550 e. The first kappa shape index (κ1) is 30.1. The van der Waals surface area contributed by atoms with Gasteiger partial charge in [-0.25, -0.2) is 13.4 Å². The van der Waals surface area contributed by atoms with E-state index in [1.807, 2.05) is 24.3 Å². The van der Waals surface area contributed by atoms with Crippen molar-refractivity contribution in [2.24, 2.45) is 5.41 Å². The SMILES string of the molecule is C[N+]1(CCOc2ccc(-c3csc(CNC(=O)C4(CC(=O)[O-])Cc5ccccc5C4)n3)cc2S(C)(=O)=O)CCOCC1. The number of amides is 1. The van der Waals surface area contributed by atoms with E-state index in [1.54, 1.807) is 23.6 Å². The number of hydrogen-bond donors (Lipinski definition) is 1. The van der Waals surface area contributed by atoms with Gasteiger partial charge in [-0.1, -0.05) is 24.3 Å². The molecule has 1 aliphatic carbocycles. The third-order valence-corrected chi connectivity index (χ3v) is 10.1. The van der Waals surface area contributed by atoms with Gasteiger partial charge in [0.25, 0.3) is 0 Å². The zero-order valence-corrected chi connectivity index (χ0v) is 25.4. The first-order valence-corrected chi connectivity index (χ1v) is 16.6. The molecule has 0 atom stereocenters. The number of nitrogens with one attached hydrogen (secondary N) is 1. The molecular weight excluding hydrogens is 578 g/mol. The summed E-state index contributed by atoms with van der Waals surface area (Å²) in [4.78, 5) is 29.6. The number of carbonyl (C=O) groups excluding carboxylic acids is 2. The van der Waals surface area contributed by atoms with Crippen LogP contribution in [0.2, 0.25) is 0 Å². The van der Waals surface area contributed by atoms with E-state index in [9.17, 15) is 23.1 Å². The molecular formula is C30H35N3O7S2. The van der Waals surface area contributed by atoms with Gasteiger partial charge < -0.3 is 29.2 Å². The van der Waals surface area contributed by atoms with Crippen molar-refractivity contribution in [3.63, 3.8) is 0 Å². The molecule has 0 radical (unpaired) electrons. The summed E-state index contributed by atoms with van der Waals surface area (Å²) in [5, 5.41) is 16.8. The number of thiazole rings is 1. The van der Waals surface area contributed by atoms with E-state index < -0.39 is 21.2 Å². The summed E-state index contributed by atoms with van der Waals surface area (Å²) >= 11 is 1.33. The molecule has 10 nitrogen and oxygen atoms in total. The Balaban J connectivity index is 1.26. The number of carbonyl (C=O) groups is 2. The van der Waals surface area contributed by atoms with Gasteiger partial charge in [-0.3, -0.25) is 4.79 Å². The molecule has 2 aromatic carbocycles. The molecule has 1 saturated heterocycles. The molecule has 224 valence electrons. The van der Waals surface area contributed by atoms with Gasteiger partial charge in [-0.05, 0) is 42.2 Å². The molecule has 0 saturated carbocycles. The van der Waals surface area contributed by atoms with Crippen LogP contribution in [0.25, 0.3) is 11.3 Å². The fraction of sp³-hybridized carbons (Fsp3) is 0.433. The van der Waals surface area contributed by atoms with Crippen LogP contribution in [-0.2, 0) is 43.5 Å². The summed E-state index contributed by atoms with van der Waals surface area (Å²) in [5.41, 5.74) is 2.02. The van der Waals surface area contributed by atoms with Gasteiger partial charge in [0.1, 0.15) is 41.9 Å². The average Bonchev–Trinajstić information content (AvgIpc) is 3.56. The lowest BCUT2D eigenvalue weighted by atomic mass is 9.80. The Bertz CT molecular complexity index is 1550. The van der Waals surface area contributed by atoms with E-state index in [4.69, 9.17) is 9.47 Å². The van der Waals surface area contributed by atoms with Crippen molar-refractivity contribution in [2.75, 3.05) is 52.8 Å². The summed E-state index contributed by atoms with van der Waals surface area (Å²) in [7, 11) is -1.44. The highest BCUT2D eigenvalue weighted by Crippen LogP contribution is 2.40. The van der Waals surface area contributed by atoms with E-state index >= 15 is 0 Å². The van der Waals surface area contributed by atoms with Crippen LogP contribution in [0.3, 0.4) is 0 Å². The Morgan fingerprint density at radius 2 is 1.83 bits per heavy atom. The van der Waals surface area contributed by atoms with Crippen molar-refractivity contribution in [2.45, 2.75) is 30.7 Å². The monoisotopic (exact) mass is 613 g/mol. The van der Waals surface area contributed by atoms with Crippen molar-refractivity contribution >= 4 is 33.1 Å². The number of hydrogen-bond acceptors (Lipinski definition) is 9. The van der Waals surface area contributed by atoms with E-state index in [-0.39, 0.29) is 23.8 Å². The van der Waals surface area contributed by atoms with Gasteiger partial charge in [0.05, 0.1) is 37.9 Å². The number of sulfone groups is 1. The maximum atomic E-state index is 13.3. The van der Waals surface area contributed by atoms with Gasteiger partial charge in [0.15, 0.2) is 9.84 Å². The predicted octanol–water partition coefficient (Wildman–Crippen LogP) is 1.61. The number of morpholine rings is 1. The molecule has 5 rings (SSSR count). The fourth-order valence-electron chi connectivity index (χ4n) is 5.66. The topological polar surface area (TPSA) is 135 Å². The number of benzene rings is 2. The molecule has 2 aliphatic rings. The molecule has 3 aromatic rings. The largest absolute Gasteiger partial charge is 0.550 e. The summed E-state index contributed by atoms with van der Waals surface area (Å²) in [6.45, 7) is 4.42. The minimum absolute atomic E-state index is 0.0949. The van der Waals surface area contributed by atoms with Crippen molar-refractivity contribution in [3.8, 4) is 17.0 Å². The van der Waals surface area contributed by atoms with Crippen LogP contribution in [0.15, 0.2) is 52.7 Å². The molecule has 2 heterocycles. The molecule has 1 aliphatic heterocycles. The number of carboxylic acid groups (broad SMARTS) is 1. The molecule has 1 N–H and O–H groups in total. The maximum absolute atomic E-state index is 13.3. The van der Waals surface area contributed by atoms with Gasteiger partial charge in [0, 0.05) is 29.6 Å². The summed E-state index contributed by atoms with van der Waals surface area (Å²) in [6.07, 6.45) is 1.45. The minimum atomic E-state index is -3.58. The third kappa shape index (κ3) is 6.83. The Morgan fingerprint density at radius 1 is 1.14 bits per heavy atom. The summed E-state index contributed by atoms with van der Waals surface area (Å²) < 4.78 is 37.5. The molecule has 0 unspecified atom stereocenters. The van der Waals surface area contributed by atoms with E-state index in [1.165, 1.54) is 11.3 Å². The first-order chi connectivity index (χ1) is 20.0. The van der Waals surface area contributed by atoms with E-state index in [0.717, 1.165) is 41.5 Å². The number of likely N-dealkylation sites (N-methyl/N-ethyl adjacent to an activating group) is 1. The number of nitrogens with zero attached hydrogens (tertiary/aromatic N) is 2. The van der Waals surface area contributed by atoms with Crippen LogP contribution in [0, 0.1) is 5.41 Å². The highest BCUT2D eigenvalue weighted by Gasteiger charge is 2.43. The number of quaternary nitrogens is 1. The van der Waals surface area contributed by atoms with Crippen LogP contribution < -0.4 is 15.2 Å². The Morgan fingerprint density at radius 3 is 2.48 bits per heavy atom. The lowest BCUT2D eigenvalue weighted by molar-refractivity contribution is -0.916. The molecule has 12 heteroatoms. The van der Waals surface area contributed by atoms with Crippen LogP contribution >= 0.6 is 11.3 Å². The lowest BCUT2D eigenvalue weighted by Crippen LogP contribution is -2.53. The standard InChI is InChI=1S/C30H35N3O7S2/c1-33(9-12-39-13-10-33)11-14-40-25-8-7-21(15-26(25)42(2,37)38)24-20-41-27(32-24)19-31-29(36)30(18-28(34)35)16-22-5-3-4-6-23(22)17-30/h3-8,15,20H,9-14,16-19H2,1-2H3,(H-,31,34,35,36). The number of aliphatic carboxylic acids is 1. The summed E-state index contributed by atoms with van der Waals surface area (Å²) in [5.74, 6) is -1.31. The number of ether oxygens (including phenoxy) is 2. The van der Waals surface area contributed by atoms with Crippen LogP contribution in [0.5, 0.6) is 5.75 Å². The van der Waals surface area contributed by atoms with Crippen molar-refractivity contribution in [1.29, 1.82) is 0 Å². The number of rotatable bonds is 11. The lowest BCUT2D eigenvalue weighted by Gasteiger charge is -2.37. The predicted molar refractivity (Wildman–Crippen MR) is 156 cm³/mol. The van der Waals surface area contributed by atoms with Gasteiger partial charge >= 0.3 is 0 Å². The molecule has 1 amide bonds. The highest BCUT2D eigenvalue weighted by atomic mass is 32.2. The molecule has 0 bridgehead atoms. The second-order valence-corrected chi connectivity index (χ2v) is 14.4. The fourth-order valence-corrected chi connectivity index (χ4v) is 7.24. The van der Waals surface area contributed by atoms with Gasteiger partial charge in [-0.15, -0.1) is 11.3 Å². The Hall–Kier alpha value is -3.32. The Labute approximate surface area is 249 Å². The number of fused-ring (bicyclic) bond motifs is 1. The Kier molecular flexibility index (Phi) is 8.70. The molecule has 0 spiro atoms. The highest BCUT2D eigenvalue weighted by molar-refractivity contribution is 7.90. The van der Waals surface area contributed by atoms with Crippen LogP contribution in [0.1, 0.15) is 22.6 Å². The molecule has 42 heavy (non-hydrogen) atoms. The number of carboxylic acids is 1. The third-order valence-electron chi connectivity index (χ3n) is 8.17. The summed E-state index contributed by atoms with van der Waals surface area (Å²) in [6, 6.07) is 12.6. The molecule has 1 fully saturated rings. The van der Waals surface area contributed by atoms with E-state index in [0.29, 0.717) is 54.7 Å². The van der Waals surface area contributed by atoms with Crippen molar-refractivity contribution < 1.29 is 37.1 Å². The van der Waals surface area contributed by atoms with Gasteiger partial charge in [-0.2, -0.15) is 0 Å². The number of aromatic nitrogens is 1. The zero-order chi connectivity index (χ0) is 30.0. The van der Waals surface area contributed by atoms with Crippen molar-refractivity contribution in [3.05, 3.63) is 64.0 Å². The second kappa shape index (κ2) is 12.1. The second-order valence-electron chi connectivity index (χ2n) is 11.4.